The highest BCUT2D eigenvalue weighted by molar-refractivity contribution is 5.98. The zero-order chi connectivity index (χ0) is 32.3. The van der Waals surface area contributed by atoms with Crippen molar-refractivity contribution in [2.75, 3.05) is 23.7 Å². The van der Waals surface area contributed by atoms with Gasteiger partial charge in [0.05, 0.1) is 23.5 Å². The van der Waals surface area contributed by atoms with E-state index in [1.807, 2.05) is 71.3 Å². The van der Waals surface area contributed by atoms with Gasteiger partial charge in [-0.1, -0.05) is 24.3 Å². The number of likely N-dealkylation sites (tertiary alicyclic amines) is 1. The molecule has 1 saturated heterocycles. The Bertz CT molecular complexity index is 1850. The van der Waals surface area contributed by atoms with Crippen LogP contribution < -0.4 is 15.4 Å². The minimum atomic E-state index is -0.539. The number of nitrogens with zero attached hydrogens (tertiary/aromatic N) is 6. The van der Waals surface area contributed by atoms with Gasteiger partial charge in [0, 0.05) is 61.2 Å². The van der Waals surface area contributed by atoms with Gasteiger partial charge < -0.3 is 25.0 Å². The lowest BCUT2D eigenvalue weighted by Gasteiger charge is -2.34. The number of hydrogen-bond donors (Lipinski definition) is 2. The van der Waals surface area contributed by atoms with Gasteiger partial charge in [-0.25, -0.2) is 19.7 Å². The molecule has 1 amide bonds. The van der Waals surface area contributed by atoms with Gasteiger partial charge in [-0.3, -0.25) is 4.68 Å². The molecule has 0 saturated carbocycles. The van der Waals surface area contributed by atoms with Crippen LogP contribution in [0.3, 0.4) is 0 Å². The van der Waals surface area contributed by atoms with Crippen LogP contribution in [0.2, 0.25) is 0 Å². The summed E-state index contributed by atoms with van der Waals surface area (Å²) in [5.74, 6) is 1.66. The number of rotatable bonds is 8. The fraction of sp³-hybridized carbons (Fsp3) is 0.343. The summed E-state index contributed by atoms with van der Waals surface area (Å²) in [7, 11) is 1.91. The maximum Gasteiger partial charge on any atom is 0.410 e. The van der Waals surface area contributed by atoms with Crippen LogP contribution in [-0.4, -0.2) is 60.5 Å². The normalized spacial score (nSPS) is 15.1. The van der Waals surface area contributed by atoms with E-state index in [1.54, 1.807) is 22.0 Å². The summed E-state index contributed by atoms with van der Waals surface area (Å²) in [6.45, 7) is 9.45. The number of fused-ring (bicyclic) bond motifs is 1. The number of carbonyl (C=O) groups excluding carboxylic acids is 1. The van der Waals surface area contributed by atoms with Crippen LogP contribution in [0.15, 0.2) is 73.2 Å². The van der Waals surface area contributed by atoms with E-state index < -0.39 is 5.60 Å². The average Bonchev–Trinajstić information content (AvgIpc) is 3.46. The Hall–Kier alpha value is -5.19. The highest BCUT2D eigenvalue weighted by atomic mass is 16.6. The molecule has 0 unspecified atom stereocenters. The first kappa shape index (κ1) is 30.8. The molecule has 6 rings (SSSR count). The molecule has 1 aliphatic heterocycles. The van der Waals surface area contributed by atoms with Crippen molar-refractivity contribution < 1.29 is 14.3 Å². The standard InChI is InChI=1S/C35H40N8O3/c1-23-13-14-26-27(10-6-12-29(26)38-21-24-16-20-42(5)41-24)31(23)45-32-28(11-7-17-36-32)30-15-18-37-33(40-30)39-25-9-8-19-43(22-25)34(44)46-35(2,3)4/h6-7,10-18,20,25,38H,8-9,19,21-22H2,1-5H3,(H,37,39,40)/t25-/m0/s1. The van der Waals surface area contributed by atoms with E-state index >= 15 is 0 Å². The van der Waals surface area contributed by atoms with E-state index in [0.717, 1.165) is 51.9 Å². The van der Waals surface area contributed by atoms with Gasteiger partial charge in [-0.05, 0) is 76.4 Å². The van der Waals surface area contributed by atoms with Crippen molar-refractivity contribution in [3.63, 3.8) is 0 Å². The first-order valence-electron chi connectivity index (χ1n) is 15.6. The van der Waals surface area contributed by atoms with Crippen LogP contribution in [0.25, 0.3) is 22.0 Å². The number of anilines is 2. The van der Waals surface area contributed by atoms with Crippen LogP contribution in [-0.2, 0) is 18.3 Å². The summed E-state index contributed by atoms with van der Waals surface area (Å²) in [5.41, 5.74) is 3.83. The SMILES string of the molecule is Cc1ccc2c(NCc3ccn(C)n3)cccc2c1Oc1ncccc1-c1ccnc(N[C@H]2CCCN(C(=O)OC(C)(C)C)C2)n1. The van der Waals surface area contributed by atoms with Gasteiger partial charge in [-0.2, -0.15) is 5.10 Å². The van der Waals surface area contributed by atoms with Crippen LogP contribution in [0.1, 0.15) is 44.9 Å². The molecule has 4 heterocycles. The van der Waals surface area contributed by atoms with Gasteiger partial charge in [0.2, 0.25) is 11.8 Å². The Kier molecular flexibility index (Phi) is 8.74. The Labute approximate surface area is 269 Å². The minimum Gasteiger partial charge on any atom is -0.444 e. The van der Waals surface area contributed by atoms with E-state index in [-0.39, 0.29) is 12.1 Å². The molecular weight excluding hydrogens is 580 g/mol. The van der Waals surface area contributed by atoms with Crippen molar-refractivity contribution in [2.45, 2.75) is 58.7 Å². The fourth-order valence-electron chi connectivity index (χ4n) is 5.58. The molecule has 0 aliphatic carbocycles. The van der Waals surface area contributed by atoms with Crippen molar-refractivity contribution in [2.24, 2.45) is 7.05 Å². The lowest BCUT2D eigenvalue weighted by molar-refractivity contribution is 0.0206. The van der Waals surface area contributed by atoms with Crippen molar-refractivity contribution in [3.8, 4) is 22.9 Å². The van der Waals surface area contributed by atoms with E-state index in [4.69, 9.17) is 14.5 Å². The molecule has 11 heteroatoms. The largest absolute Gasteiger partial charge is 0.444 e. The Morgan fingerprint density at radius 2 is 1.89 bits per heavy atom. The first-order chi connectivity index (χ1) is 22.1. The Morgan fingerprint density at radius 1 is 1.02 bits per heavy atom. The molecule has 0 bridgehead atoms. The third-order valence-electron chi connectivity index (χ3n) is 7.75. The van der Waals surface area contributed by atoms with Gasteiger partial charge in [-0.15, -0.1) is 0 Å². The number of carbonyl (C=O) groups is 1. The molecule has 2 aromatic carbocycles. The summed E-state index contributed by atoms with van der Waals surface area (Å²) in [6, 6.07) is 18.0. The maximum absolute atomic E-state index is 12.7. The summed E-state index contributed by atoms with van der Waals surface area (Å²) in [5, 5.41) is 13.4. The molecule has 2 N–H and O–H groups in total. The zero-order valence-corrected chi connectivity index (χ0v) is 26.9. The van der Waals surface area contributed by atoms with Crippen LogP contribution >= 0.6 is 0 Å². The van der Waals surface area contributed by atoms with Gasteiger partial charge in [0.1, 0.15) is 11.4 Å². The van der Waals surface area contributed by atoms with Crippen LogP contribution in [0.4, 0.5) is 16.4 Å². The van der Waals surface area contributed by atoms with Gasteiger partial charge >= 0.3 is 6.09 Å². The number of benzene rings is 2. The summed E-state index contributed by atoms with van der Waals surface area (Å²) >= 11 is 0. The molecule has 1 aliphatic rings. The number of amides is 1. The van der Waals surface area contributed by atoms with Crippen molar-refractivity contribution in [1.29, 1.82) is 0 Å². The van der Waals surface area contributed by atoms with Gasteiger partial charge in [0.25, 0.3) is 0 Å². The Balaban J connectivity index is 1.22. The second-order valence-electron chi connectivity index (χ2n) is 12.6. The minimum absolute atomic E-state index is 0.0000488. The molecule has 5 aromatic rings. The first-order valence-corrected chi connectivity index (χ1v) is 15.6. The third-order valence-corrected chi connectivity index (χ3v) is 7.75. The summed E-state index contributed by atoms with van der Waals surface area (Å²) in [4.78, 5) is 28.3. The summed E-state index contributed by atoms with van der Waals surface area (Å²) in [6.07, 6.45) is 6.83. The van der Waals surface area contributed by atoms with Crippen LogP contribution in [0.5, 0.6) is 11.6 Å². The monoisotopic (exact) mass is 620 g/mol. The second kappa shape index (κ2) is 13.0. The fourth-order valence-corrected chi connectivity index (χ4v) is 5.58. The maximum atomic E-state index is 12.7. The highest BCUT2D eigenvalue weighted by Crippen LogP contribution is 2.38. The van der Waals surface area contributed by atoms with Crippen molar-refractivity contribution in [1.82, 2.24) is 29.6 Å². The second-order valence-corrected chi connectivity index (χ2v) is 12.6. The average molecular weight is 621 g/mol. The predicted molar refractivity (Wildman–Crippen MR) is 179 cm³/mol. The van der Waals surface area contributed by atoms with E-state index in [1.165, 1.54) is 0 Å². The third kappa shape index (κ3) is 7.20. The quantitative estimate of drug-likeness (QED) is 0.190. The number of aryl methyl sites for hydroxylation is 2. The number of pyridine rings is 1. The molecular formula is C35H40N8O3. The lowest BCUT2D eigenvalue weighted by Crippen LogP contribution is -2.47. The predicted octanol–water partition coefficient (Wildman–Crippen LogP) is 6.95. The number of nitrogens with one attached hydrogen (secondary N) is 2. The molecule has 46 heavy (non-hydrogen) atoms. The van der Waals surface area contributed by atoms with Crippen molar-refractivity contribution >= 4 is 28.5 Å². The molecule has 1 fully saturated rings. The molecule has 3 aromatic heterocycles. The molecule has 0 radical (unpaired) electrons. The topological polar surface area (TPSA) is 119 Å². The Morgan fingerprint density at radius 3 is 2.70 bits per heavy atom. The van der Waals surface area contributed by atoms with E-state index in [2.05, 4.69) is 50.0 Å². The highest BCUT2D eigenvalue weighted by Gasteiger charge is 2.28. The lowest BCUT2D eigenvalue weighted by atomic mass is 10.0. The molecule has 1 atom stereocenters. The number of aromatic nitrogens is 5. The zero-order valence-electron chi connectivity index (χ0n) is 26.9. The van der Waals surface area contributed by atoms with Crippen LogP contribution in [0, 0.1) is 6.92 Å². The molecule has 11 nitrogen and oxygen atoms in total. The smallest absolute Gasteiger partial charge is 0.410 e. The van der Waals surface area contributed by atoms with Gasteiger partial charge in [0.15, 0.2) is 0 Å². The number of piperidine rings is 1. The number of ether oxygens (including phenoxy) is 2. The molecule has 238 valence electrons. The number of hydrogen-bond acceptors (Lipinski definition) is 9. The van der Waals surface area contributed by atoms with Crippen molar-refractivity contribution in [3.05, 3.63) is 84.4 Å². The van der Waals surface area contributed by atoms with E-state index in [9.17, 15) is 4.79 Å². The van der Waals surface area contributed by atoms with E-state index in [0.29, 0.717) is 37.2 Å². The molecule has 0 spiro atoms. The summed E-state index contributed by atoms with van der Waals surface area (Å²) < 4.78 is 14.0.